The first-order valence-corrected chi connectivity index (χ1v) is 7.79. The number of piperidine rings is 1. The van der Waals surface area contributed by atoms with E-state index in [4.69, 9.17) is 4.74 Å². The predicted octanol–water partition coefficient (Wildman–Crippen LogP) is 2.72. The molecule has 0 radical (unpaired) electrons. The Balaban J connectivity index is 1.71. The van der Waals surface area contributed by atoms with Gasteiger partial charge in [0.1, 0.15) is 5.69 Å². The zero-order chi connectivity index (χ0) is 15.4. The third-order valence-corrected chi connectivity index (χ3v) is 3.95. The van der Waals surface area contributed by atoms with Crippen LogP contribution in [0.15, 0.2) is 36.4 Å². The lowest BCUT2D eigenvalue weighted by Gasteiger charge is -2.32. The highest BCUT2D eigenvalue weighted by molar-refractivity contribution is 5.93. The molecule has 0 bridgehead atoms. The molecule has 1 atom stereocenters. The van der Waals surface area contributed by atoms with Crippen molar-refractivity contribution in [3.8, 4) is 11.3 Å². The SMILES string of the molecule is CCO[C@H]1CCCN(C(=O)c2cc(-c3ccccc3)n[nH]2)C1. The van der Waals surface area contributed by atoms with Crippen molar-refractivity contribution in [3.05, 3.63) is 42.1 Å². The van der Waals surface area contributed by atoms with E-state index in [0.29, 0.717) is 18.8 Å². The molecule has 5 nitrogen and oxygen atoms in total. The van der Waals surface area contributed by atoms with Crippen LogP contribution in [0.5, 0.6) is 0 Å². The number of benzene rings is 1. The monoisotopic (exact) mass is 299 g/mol. The Morgan fingerprint density at radius 1 is 1.41 bits per heavy atom. The summed E-state index contributed by atoms with van der Waals surface area (Å²) in [6.07, 6.45) is 2.16. The van der Waals surface area contributed by atoms with E-state index in [2.05, 4.69) is 10.2 Å². The lowest BCUT2D eigenvalue weighted by Crippen LogP contribution is -2.43. The van der Waals surface area contributed by atoms with Gasteiger partial charge in [0.15, 0.2) is 0 Å². The Hall–Kier alpha value is -2.14. The van der Waals surface area contributed by atoms with Crippen molar-refractivity contribution in [2.45, 2.75) is 25.9 Å². The van der Waals surface area contributed by atoms with Gasteiger partial charge in [-0.2, -0.15) is 5.10 Å². The number of hydrogen-bond acceptors (Lipinski definition) is 3. The zero-order valence-corrected chi connectivity index (χ0v) is 12.8. The molecule has 22 heavy (non-hydrogen) atoms. The Kier molecular flexibility index (Phi) is 4.53. The van der Waals surface area contributed by atoms with E-state index in [0.717, 1.165) is 30.6 Å². The number of nitrogens with one attached hydrogen (secondary N) is 1. The van der Waals surface area contributed by atoms with E-state index >= 15 is 0 Å². The molecule has 116 valence electrons. The van der Waals surface area contributed by atoms with Crippen LogP contribution >= 0.6 is 0 Å². The van der Waals surface area contributed by atoms with E-state index in [1.807, 2.05) is 48.2 Å². The number of ether oxygens (including phenoxy) is 1. The third-order valence-electron chi connectivity index (χ3n) is 3.95. The van der Waals surface area contributed by atoms with Gasteiger partial charge < -0.3 is 9.64 Å². The molecule has 5 heteroatoms. The molecule has 1 amide bonds. The summed E-state index contributed by atoms with van der Waals surface area (Å²) in [5.41, 5.74) is 2.34. The first-order chi connectivity index (χ1) is 10.8. The minimum atomic E-state index is -0.000848. The summed E-state index contributed by atoms with van der Waals surface area (Å²) in [6.45, 7) is 4.12. The lowest BCUT2D eigenvalue weighted by atomic mass is 10.1. The van der Waals surface area contributed by atoms with Crippen LogP contribution in [-0.2, 0) is 4.74 Å². The second-order valence-corrected chi connectivity index (χ2v) is 5.50. The molecule has 1 fully saturated rings. The Morgan fingerprint density at radius 3 is 3.00 bits per heavy atom. The average Bonchev–Trinajstić information content (AvgIpc) is 3.05. The number of aromatic nitrogens is 2. The normalized spacial score (nSPS) is 18.4. The lowest BCUT2D eigenvalue weighted by molar-refractivity contribution is 0.00703. The topological polar surface area (TPSA) is 58.2 Å². The van der Waals surface area contributed by atoms with Crippen LogP contribution in [0.2, 0.25) is 0 Å². The average molecular weight is 299 g/mol. The molecule has 2 heterocycles. The Bertz CT molecular complexity index is 622. The number of likely N-dealkylation sites (tertiary alicyclic amines) is 1. The summed E-state index contributed by atoms with van der Waals surface area (Å²) in [7, 11) is 0. The van der Waals surface area contributed by atoms with Crippen molar-refractivity contribution in [2.75, 3.05) is 19.7 Å². The Labute approximate surface area is 130 Å². The molecule has 1 aliphatic rings. The van der Waals surface area contributed by atoms with Crippen molar-refractivity contribution < 1.29 is 9.53 Å². The van der Waals surface area contributed by atoms with E-state index in [-0.39, 0.29) is 12.0 Å². The first kappa shape index (κ1) is 14.8. The van der Waals surface area contributed by atoms with Gasteiger partial charge in [-0.25, -0.2) is 0 Å². The molecule has 1 aromatic heterocycles. The minimum Gasteiger partial charge on any atom is -0.377 e. The van der Waals surface area contributed by atoms with Gasteiger partial charge in [0.2, 0.25) is 0 Å². The number of aromatic amines is 1. The van der Waals surface area contributed by atoms with Gasteiger partial charge in [0, 0.05) is 25.3 Å². The van der Waals surface area contributed by atoms with E-state index < -0.39 is 0 Å². The van der Waals surface area contributed by atoms with Gasteiger partial charge in [-0.3, -0.25) is 9.89 Å². The maximum atomic E-state index is 12.6. The minimum absolute atomic E-state index is 0.000848. The fourth-order valence-electron chi connectivity index (χ4n) is 2.85. The largest absolute Gasteiger partial charge is 0.377 e. The molecular formula is C17H21N3O2. The van der Waals surface area contributed by atoms with E-state index in [1.165, 1.54) is 0 Å². The molecule has 3 rings (SSSR count). The number of carbonyl (C=O) groups excluding carboxylic acids is 1. The molecule has 0 spiro atoms. The number of H-pyrrole nitrogens is 1. The van der Waals surface area contributed by atoms with Crippen LogP contribution < -0.4 is 0 Å². The third kappa shape index (κ3) is 3.20. The molecule has 1 aliphatic heterocycles. The molecule has 0 aliphatic carbocycles. The van der Waals surface area contributed by atoms with Crippen LogP contribution in [0.3, 0.4) is 0 Å². The number of rotatable bonds is 4. The Morgan fingerprint density at radius 2 is 2.23 bits per heavy atom. The molecule has 0 unspecified atom stereocenters. The highest BCUT2D eigenvalue weighted by Gasteiger charge is 2.25. The number of amides is 1. The summed E-state index contributed by atoms with van der Waals surface area (Å²) in [5, 5.41) is 7.12. The van der Waals surface area contributed by atoms with E-state index in [9.17, 15) is 4.79 Å². The van der Waals surface area contributed by atoms with Crippen LogP contribution in [0, 0.1) is 0 Å². The second-order valence-electron chi connectivity index (χ2n) is 5.50. The molecule has 2 aromatic rings. The maximum Gasteiger partial charge on any atom is 0.271 e. The number of hydrogen-bond donors (Lipinski definition) is 1. The fraction of sp³-hybridized carbons (Fsp3) is 0.412. The summed E-state index contributed by atoms with van der Waals surface area (Å²) in [6, 6.07) is 11.7. The van der Waals surface area contributed by atoms with Gasteiger partial charge in [0.25, 0.3) is 5.91 Å². The first-order valence-electron chi connectivity index (χ1n) is 7.79. The van der Waals surface area contributed by atoms with Gasteiger partial charge >= 0.3 is 0 Å². The van der Waals surface area contributed by atoms with Crippen molar-refractivity contribution in [1.82, 2.24) is 15.1 Å². The molecular weight excluding hydrogens is 278 g/mol. The van der Waals surface area contributed by atoms with Crippen molar-refractivity contribution >= 4 is 5.91 Å². The predicted molar refractivity (Wildman–Crippen MR) is 84.6 cm³/mol. The summed E-state index contributed by atoms with van der Waals surface area (Å²) < 4.78 is 5.65. The quantitative estimate of drug-likeness (QED) is 0.944. The molecule has 1 saturated heterocycles. The summed E-state index contributed by atoms with van der Waals surface area (Å²) in [5.74, 6) is -0.000848. The van der Waals surface area contributed by atoms with Crippen LogP contribution in [0.25, 0.3) is 11.3 Å². The highest BCUT2D eigenvalue weighted by atomic mass is 16.5. The van der Waals surface area contributed by atoms with Crippen molar-refractivity contribution in [1.29, 1.82) is 0 Å². The van der Waals surface area contributed by atoms with Crippen molar-refractivity contribution in [2.24, 2.45) is 0 Å². The fourth-order valence-corrected chi connectivity index (χ4v) is 2.85. The van der Waals surface area contributed by atoms with Gasteiger partial charge in [-0.05, 0) is 25.8 Å². The zero-order valence-electron chi connectivity index (χ0n) is 12.8. The maximum absolute atomic E-state index is 12.6. The van der Waals surface area contributed by atoms with Gasteiger partial charge in [0.05, 0.1) is 11.8 Å². The molecule has 1 aromatic carbocycles. The van der Waals surface area contributed by atoms with E-state index in [1.54, 1.807) is 0 Å². The smallest absolute Gasteiger partial charge is 0.271 e. The second kappa shape index (κ2) is 6.75. The van der Waals surface area contributed by atoms with Gasteiger partial charge in [-0.15, -0.1) is 0 Å². The van der Waals surface area contributed by atoms with Crippen molar-refractivity contribution in [3.63, 3.8) is 0 Å². The molecule has 1 N–H and O–H groups in total. The summed E-state index contributed by atoms with van der Waals surface area (Å²) in [4.78, 5) is 14.4. The van der Waals surface area contributed by atoms with Crippen LogP contribution in [0.4, 0.5) is 0 Å². The number of nitrogens with zero attached hydrogens (tertiary/aromatic N) is 2. The summed E-state index contributed by atoms with van der Waals surface area (Å²) >= 11 is 0. The standard InChI is InChI=1S/C17H21N3O2/c1-2-22-14-9-6-10-20(12-14)17(21)16-11-15(18-19-16)13-7-4-3-5-8-13/h3-5,7-8,11,14H,2,6,9-10,12H2,1H3,(H,18,19)/t14-/m0/s1. The number of carbonyl (C=O) groups is 1. The highest BCUT2D eigenvalue weighted by Crippen LogP contribution is 2.20. The van der Waals surface area contributed by atoms with Gasteiger partial charge in [-0.1, -0.05) is 30.3 Å². The van der Waals surface area contributed by atoms with Crippen LogP contribution in [0.1, 0.15) is 30.3 Å². The van der Waals surface area contributed by atoms with Crippen LogP contribution in [-0.4, -0.2) is 46.8 Å². The molecule has 0 saturated carbocycles.